The van der Waals surface area contributed by atoms with E-state index in [1.54, 1.807) is 0 Å². The lowest BCUT2D eigenvalue weighted by molar-refractivity contribution is -0.152. The summed E-state index contributed by atoms with van der Waals surface area (Å²) in [4.78, 5) is 23.2. The molecule has 0 radical (unpaired) electrons. The molecule has 1 amide bonds. The Balaban J connectivity index is 2.56. The molecule has 1 atom stereocenters. The van der Waals surface area contributed by atoms with Gasteiger partial charge in [0.25, 0.3) is 5.91 Å². The fourth-order valence-electron chi connectivity index (χ4n) is 1.67. The lowest BCUT2D eigenvalue weighted by Gasteiger charge is -2.30. The molecule has 1 fully saturated rings. The zero-order valence-electron chi connectivity index (χ0n) is 8.41. The Hall–Kier alpha value is -1.20. The van der Waals surface area contributed by atoms with E-state index in [9.17, 15) is 18.4 Å². The summed E-state index contributed by atoms with van der Waals surface area (Å²) < 4.78 is 28.7. The van der Waals surface area contributed by atoms with Crippen molar-refractivity contribution in [2.45, 2.75) is 19.3 Å². The Morgan fingerprint density at radius 2 is 2.13 bits per heavy atom. The van der Waals surface area contributed by atoms with E-state index in [4.69, 9.17) is 0 Å². The molecule has 0 saturated carbocycles. The van der Waals surface area contributed by atoms with Crippen molar-refractivity contribution < 1.29 is 23.1 Å². The number of alkyl halides is 2. The third-order valence-electron chi connectivity index (χ3n) is 2.45. The predicted molar refractivity (Wildman–Crippen MR) is 47.3 cm³/mol. The van der Waals surface area contributed by atoms with Crippen LogP contribution in [0.25, 0.3) is 0 Å². The average molecular weight is 221 g/mol. The maximum atomic E-state index is 12.1. The first kappa shape index (κ1) is 11.9. The number of likely N-dealkylation sites (tertiary alicyclic amines) is 1. The lowest BCUT2D eigenvalue weighted by Crippen LogP contribution is -2.45. The van der Waals surface area contributed by atoms with Crippen molar-refractivity contribution in [2.75, 3.05) is 20.2 Å². The second-order valence-electron chi connectivity index (χ2n) is 3.45. The molecule has 4 nitrogen and oxygen atoms in total. The van der Waals surface area contributed by atoms with E-state index in [0.717, 1.165) is 4.90 Å². The number of amides is 1. The standard InChI is InChI=1S/C9H13F2NO3/c1-15-9(14)6-3-2-4-12(5-6)8(13)7(10)11/h6-7H,2-5H2,1H3. The van der Waals surface area contributed by atoms with E-state index >= 15 is 0 Å². The van der Waals surface area contributed by atoms with E-state index in [1.165, 1.54) is 7.11 Å². The van der Waals surface area contributed by atoms with Gasteiger partial charge in [0.1, 0.15) is 0 Å². The zero-order chi connectivity index (χ0) is 11.4. The maximum Gasteiger partial charge on any atom is 0.315 e. The van der Waals surface area contributed by atoms with Crippen molar-refractivity contribution >= 4 is 11.9 Å². The quantitative estimate of drug-likeness (QED) is 0.643. The molecule has 0 aliphatic carbocycles. The number of hydrogen-bond acceptors (Lipinski definition) is 3. The van der Waals surface area contributed by atoms with Gasteiger partial charge in [-0.1, -0.05) is 0 Å². The van der Waals surface area contributed by atoms with Gasteiger partial charge in [0.2, 0.25) is 0 Å². The fourth-order valence-corrected chi connectivity index (χ4v) is 1.67. The van der Waals surface area contributed by atoms with Crippen molar-refractivity contribution in [3.8, 4) is 0 Å². The maximum absolute atomic E-state index is 12.1. The van der Waals surface area contributed by atoms with E-state index < -0.39 is 24.2 Å². The van der Waals surface area contributed by atoms with Gasteiger partial charge in [-0.3, -0.25) is 9.59 Å². The molecule has 15 heavy (non-hydrogen) atoms. The highest BCUT2D eigenvalue weighted by Gasteiger charge is 2.32. The van der Waals surface area contributed by atoms with Crippen LogP contribution in [0.5, 0.6) is 0 Å². The molecule has 86 valence electrons. The highest BCUT2D eigenvalue weighted by Crippen LogP contribution is 2.18. The minimum atomic E-state index is -3.00. The van der Waals surface area contributed by atoms with Gasteiger partial charge in [-0.25, -0.2) is 0 Å². The number of esters is 1. The first-order valence-corrected chi connectivity index (χ1v) is 4.71. The van der Waals surface area contributed by atoms with Gasteiger partial charge in [0.15, 0.2) is 0 Å². The number of piperidine rings is 1. The fraction of sp³-hybridized carbons (Fsp3) is 0.778. The topological polar surface area (TPSA) is 46.6 Å². The number of nitrogens with zero attached hydrogens (tertiary/aromatic N) is 1. The number of rotatable bonds is 2. The van der Waals surface area contributed by atoms with Gasteiger partial charge in [-0.2, -0.15) is 8.78 Å². The second-order valence-corrected chi connectivity index (χ2v) is 3.45. The summed E-state index contributed by atoms with van der Waals surface area (Å²) in [6.07, 6.45) is -1.86. The number of hydrogen-bond donors (Lipinski definition) is 0. The normalized spacial score (nSPS) is 21.6. The van der Waals surface area contributed by atoms with Crippen LogP contribution in [0.1, 0.15) is 12.8 Å². The smallest absolute Gasteiger partial charge is 0.315 e. The van der Waals surface area contributed by atoms with E-state index in [1.807, 2.05) is 0 Å². The molecule has 6 heteroatoms. The van der Waals surface area contributed by atoms with E-state index in [0.29, 0.717) is 12.8 Å². The molecule has 1 aliphatic rings. The van der Waals surface area contributed by atoms with Crippen LogP contribution < -0.4 is 0 Å². The third-order valence-corrected chi connectivity index (χ3v) is 2.45. The van der Waals surface area contributed by atoms with Crippen LogP contribution in [-0.2, 0) is 14.3 Å². The van der Waals surface area contributed by atoms with Gasteiger partial charge < -0.3 is 9.64 Å². The van der Waals surface area contributed by atoms with Gasteiger partial charge in [-0.05, 0) is 12.8 Å². The average Bonchev–Trinajstić information content (AvgIpc) is 2.27. The molecule has 1 heterocycles. The van der Waals surface area contributed by atoms with Crippen molar-refractivity contribution in [3.05, 3.63) is 0 Å². The Morgan fingerprint density at radius 1 is 1.47 bits per heavy atom. The van der Waals surface area contributed by atoms with Gasteiger partial charge in [0.05, 0.1) is 13.0 Å². The van der Waals surface area contributed by atoms with Crippen LogP contribution >= 0.6 is 0 Å². The Morgan fingerprint density at radius 3 is 2.67 bits per heavy atom. The summed E-state index contributed by atoms with van der Waals surface area (Å²) in [5.74, 6) is -2.11. The summed E-state index contributed by atoms with van der Waals surface area (Å²) in [5.41, 5.74) is 0. The Kier molecular flexibility index (Phi) is 3.99. The van der Waals surface area contributed by atoms with Crippen molar-refractivity contribution in [3.63, 3.8) is 0 Å². The highest BCUT2D eigenvalue weighted by molar-refractivity contribution is 5.80. The number of carbonyl (C=O) groups is 2. The Labute approximate surface area is 86.2 Å². The summed E-state index contributed by atoms with van der Waals surface area (Å²) in [6.45, 7) is 0.326. The molecule has 0 N–H and O–H groups in total. The van der Waals surface area contributed by atoms with E-state index in [2.05, 4.69) is 4.74 Å². The predicted octanol–water partition coefficient (Wildman–Crippen LogP) is 0.663. The summed E-state index contributed by atoms with van der Waals surface area (Å²) >= 11 is 0. The second kappa shape index (κ2) is 5.04. The van der Waals surface area contributed by atoms with Crippen LogP contribution in [0.15, 0.2) is 0 Å². The van der Waals surface area contributed by atoms with Crippen LogP contribution in [0.4, 0.5) is 8.78 Å². The minimum absolute atomic E-state index is 0.0375. The summed E-state index contributed by atoms with van der Waals surface area (Å²) in [6, 6.07) is 0. The van der Waals surface area contributed by atoms with Crippen molar-refractivity contribution in [1.82, 2.24) is 4.90 Å². The first-order chi connectivity index (χ1) is 7.06. The molecule has 0 aromatic heterocycles. The van der Waals surface area contributed by atoms with Gasteiger partial charge in [-0.15, -0.1) is 0 Å². The molecule has 1 saturated heterocycles. The van der Waals surface area contributed by atoms with Crippen molar-refractivity contribution in [1.29, 1.82) is 0 Å². The molecule has 1 unspecified atom stereocenters. The Bertz CT molecular complexity index is 258. The molecular formula is C9H13F2NO3. The molecule has 0 bridgehead atoms. The minimum Gasteiger partial charge on any atom is -0.469 e. The van der Waals surface area contributed by atoms with Crippen LogP contribution in [-0.4, -0.2) is 43.4 Å². The van der Waals surface area contributed by atoms with Gasteiger partial charge >= 0.3 is 12.4 Å². The SMILES string of the molecule is COC(=O)C1CCCN(C(=O)C(F)F)C1. The molecule has 0 aromatic carbocycles. The first-order valence-electron chi connectivity index (χ1n) is 4.71. The zero-order valence-corrected chi connectivity index (χ0v) is 8.41. The molecule has 0 aromatic rings. The number of halogens is 2. The summed E-state index contributed by atoms with van der Waals surface area (Å²) in [5, 5.41) is 0. The van der Waals surface area contributed by atoms with Crippen LogP contribution in [0.3, 0.4) is 0 Å². The van der Waals surface area contributed by atoms with Crippen LogP contribution in [0.2, 0.25) is 0 Å². The molecular weight excluding hydrogens is 208 g/mol. The third kappa shape index (κ3) is 2.87. The molecule has 1 aliphatic heterocycles. The largest absolute Gasteiger partial charge is 0.469 e. The van der Waals surface area contributed by atoms with Gasteiger partial charge in [0, 0.05) is 13.1 Å². The molecule has 1 rings (SSSR count). The van der Waals surface area contributed by atoms with Crippen LogP contribution in [0, 0.1) is 5.92 Å². The number of ether oxygens (including phenoxy) is 1. The molecule has 0 spiro atoms. The lowest BCUT2D eigenvalue weighted by atomic mass is 9.98. The summed E-state index contributed by atoms with van der Waals surface area (Å²) in [7, 11) is 1.25. The monoisotopic (exact) mass is 221 g/mol. The number of carbonyl (C=O) groups excluding carboxylic acids is 2. The number of methoxy groups -OCH3 is 1. The van der Waals surface area contributed by atoms with Crippen molar-refractivity contribution in [2.24, 2.45) is 5.92 Å². The highest BCUT2D eigenvalue weighted by atomic mass is 19.3. The van der Waals surface area contributed by atoms with E-state index in [-0.39, 0.29) is 13.1 Å².